The topological polar surface area (TPSA) is 37.8 Å². The van der Waals surface area contributed by atoms with Crippen LogP contribution in [0, 0.1) is 6.92 Å². The lowest BCUT2D eigenvalue weighted by Gasteiger charge is -2.07. The van der Waals surface area contributed by atoms with E-state index in [0.717, 1.165) is 20.8 Å². The quantitative estimate of drug-likeness (QED) is 0.695. The Morgan fingerprint density at radius 3 is 2.80 bits per heavy atom. The van der Waals surface area contributed by atoms with Gasteiger partial charge in [0.25, 0.3) is 0 Å². The molecule has 0 fully saturated rings. The molecule has 2 heterocycles. The first-order valence-electron chi connectivity index (χ1n) is 6.04. The normalized spacial score (nSPS) is 10.9. The van der Waals surface area contributed by atoms with Gasteiger partial charge in [-0.05, 0) is 24.6 Å². The maximum Gasteiger partial charge on any atom is 0.225 e. The first kappa shape index (κ1) is 13.6. The van der Waals surface area contributed by atoms with Crippen LogP contribution in [0.25, 0.3) is 10.2 Å². The Balaban J connectivity index is 1.86. The second-order valence-corrected chi connectivity index (χ2v) is 6.36. The number of hydrogen-bond acceptors (Lipinski definition) is 4. The summed E-state index contributed by atoms with van der Waals surface area (Å²) in [6, 6.07) is 9.67. The zero-order chi connectivity index (χ0) is 14.1. The van der Waals surface area contributed by atoms with E-state index < -0.39 is 0 Å². The van der Waals surface area contributed by atoms with Crippen LogP contribution in [0.15, 0.2) is 30.3 Å². The molecular weight excluding hydrogens is 313 g/mol. The molecule has 0 amide bonds. The molecule has 1 aromatic carbocycles. The van der Waals surface area contributed by atoms with Crippen LogP contribution in [-0.4, -0.2) is 9.97 Å². The van der Waals surface area contributed by atoms with Crippen molar-refractivity contribution in [2.24, 2.45) is 0 Å². The molecule has 0 saturated heterocycles. The second-order valence-electron chi connectivity index (χ2n) is 4.36. The van der Waals surface area contributed by atoms with Gasteiger partial charge in [0.15, 0.2) is 0 Å². The van der Waals surface area contributed by atoms with E-state index in [0.29, 0.717) is 17.6 Å². The number of thiophene rings is 1. The molecule has 2 aromatic heterocycles. The number of anilines is 1. The molecule has 1 N–H and O–H groups in total. The fourth-order valence-electron chi connectivity index (χ4n) is 1.90. The molecule has 3 rings (SSSR count). The predicted molar refractivity (Wildman–Crippen MR) is 85.9 cm³/mol. The number of aryl methyl sites for hydroxylation is 1. The summed E-state index contributed by atoms with van der Waals surface area (Å²) in [6.07, 6.45) is 0. The van der Waals surface area contributed by atoms with Gasteiger partial charge in [0.05, 0.1) is 0 Å². The molecule has 0 radical (unpaired) electrons. The van der Waals surface area contributed by atoms with E-state index in [1.54, 1.807) is 11.3 Å². The van der Waals surface area contributed by atoms with Gasteiger partial charge in [-0.3, -0.25) is 0 Å². The van der Waals surface area contributed by atoms with Crippen LogP contribution in [0.1, 0.15) is 10.4 Å². The van der Waals surface area contributed by atoms with E-state index >= 15 is 0 Å². The molecule has 3 aromatic rings. The molecule has 0 saturated carbocycles. The summed E-state index contributed by atoms with van der Waals surface area (Å²) >= 11 is 13.9. The lowest BCUT2D eigenvalue weighted by molar-refractivity contribution is 1.07. The van der Waals surface area contributed by atoms with Gasteiger partial charge in [0.2, 0.25) is 5.95 Å². The third-order valence-electron chi connectivity index (χ3n) is 2.86. The van der Waals surface area contributed by atoms with Gasteiger partial charge in [-0.1, -0.05) is 41.4 Å². The van der Waals surface area contributed by atoms with E-state index in [2.05, 4.69) is 15.3 Å². The monoisotopic (exact) mass is 323 g/mol. The molecule has 0 aliphatic carbocycles. The smallest absolute Gasteiger partial charge is 0.225 e. The molecular formula is C14H11Cl2N3S. The number of nitrogens with one attached hydrogen (secondary N) is 1. The number of hydrogen-bond donors (Lipinski definition) is 1. The highest BCUT2D eigenvalue weighted by molar-refractivity contribution is 7.18. The molecule has 0 atom stereocenters. The SMILES string of the molecule is Cc1cc2c(Cl)nc(NCc3ccccc3Cl)nc2s1. The van der Waals surface area contributed by atoms with Gasteiger partial charge in [-0.25, -0.2) is 9.97 Å². The van der Waals surface area contributed by atoms with Crippen molar-refractivity contribution in [2.45, 2.75) is 13.5 Å². The molecule has 102 valence electrons. The van der Waals surface area contributed by atoms with E-state index in [1.165, 1.54) is 4.88 Å². The van der Waals surface area contributed by atoms with Crippen LogP contribution in [-0.2, 0) is 6.54 Å². The van der Waals surface area contributed by atoms with Crippen molar-refractivity contribution in [1.82, 2.24) is 9.97 Å². The standard InChI is InChI=1S/C14H11Cl2N3S/c1-8-6-10-12(16)18-14(19-13(10)20-8)17-7-9-4-2-3-5-11(9)15/h2-6H,7H2,1H3,(H,17,18,19). The zero-order valence-corrected chi connectivity index (χ0v) is 13.0. The lowest BCUT2D eigenvalue weighted by atomic mass is 10.2. The van der Waals surface area contributed by atoms with Crippen molar-refractivity contribution in [3.8, 4) is 0 Å². The van der Waals surface area contributed by atoms with Crippen LogP contribution in [0.2, 0.25) is 10.2 Å². The Morgan fingerprint density at radius 1 is 1.20 bits per heavy atom. The highest BCUT2D eigenvalue weighted by Crippen LogP contribution is 2.29. The maximum atomic E-state index is 6.18. The summed E-state index contributed by atoms with van der Waals surface area (Å²) in [7, 11) is 0. The Bertz CT molecular complexity index is 770. The van der Waals surface area contributed by atoms with Crippen molar-refractivity contribution in [2.75, 3.05) is 5.32 Å². The average Bonchev–Trinajstić information content (AvgIpc) is 2.79. The van der Waals surface area contributed by atoms with Gasteiger partial charge in [-0.2, -0.15) is 0 Å². The Hall–Kier alpha value is -1.36. The van der Waals surface area contributed by atoms with Crippen molar-refractivity contribution in [3.05, 3.63) is 50.9 Å². The van der Waals surface area contributed by atoms with Gasteiger partial charge in [0.1, 0.15) is 9.98 Å². The number of aromatic nitrogens is 2. The fourth-order valence-corrected chi connectivity index (χ4v) is 3.26. The molecule has 0 spiro atoms. The zero-order valence-electron chi connectivity index (χ0n) is 10.7. The molecule has 3 nitrogen and oxygen atoms in total. The predicted octanol–water partition coefficient (Wildman–Crippen LogP) is 4.92. The highest BCUT2D eigenvalue weighted by atomic mass is 35.5. The van der Waals surface area contributed by atoms with E-state index in [4.69, 9.17) is 23.2 Å². The van der Waals surface area contributed by atoms with E-state index in [9.17, 15) is 0 Å². The van der Waals surface area contributed by atoms with Gasteiger partial charge < -0.3 is 5.32 Å². The minimum Gasteiger partial charge on any atom is -0.350 e. The number of halogens is 2. The Labute approximate surface area is 130 Å². The summed E-state index contributed by atoms with van der Waals surface area (Å²) in [6.45, 7) is 2.59. The van der Waals surface area contributed by atoms with Crippen molar-refractivity contribution in [3.63, 3.8) is 0 Å². The van der Waals surface area contributed by atoms with Crippen LogP contribution < -0.4 is 5.32 Å². The summed E-state index contributed by atoms with van der Waals surface area (Å²) in [5.41, 5.74) is 0.997. The number of benzene rings is 1. The van der Waals surface area contributed by atoms with Crippen LogP contribution in [0.4, 0.5) is 5.95 Å². The summed E-state index contributed by atoms with van der Waals surface area (Å²) < 4.78 is 0. The van der Waals surface area contributed by atoms with E-state index in [1.807, 2.05) is 37.3 Å². The molecule has 0 aliphatic heterocycles. The molecule has 0 unspecified atom stereocenters. The Morgan fingerprint density at radius 2 is 2.00 bits per heavy atom. The fraction of sp³-hybridized carbons (Fsp3) is 0.143. The summed E-state index contributed by atoms with van der Waals surface area (Å²) in [5.74, 6) is 0.518. The molecule has 6 heteroatoms. The third-order valence-corrected chi connectivity index (χ3v) is 4.47. The third kappa shape index (κ3) is 2.73. The van der Waals surface area contributed by atoms with Crippen molar-refractivity contribution >= 4 is 50.7 Å². The molecule has 0 bridgehead atoms. The van der Waals surface area contributed by atoms with E-state index in [-0.39, 0.29) is 0 Å². The first-order chi connectivity index (χ1) is 9.63. The van der Waals surface area contributed by atoms with Crippen LogP contribution in [0.5, 0.6) is 0 Å². The summed E-state index contributed by atoms with van der Waals surface area (Å²) in [5, 5.41) is 5.25. The van der Waals surface area contributed by atoms with Crippen molar-refractivity contribution in [1.29, 1.82) is 0 Å². The summed E-state index contributed by atoms with van der Waals surface area (Å²) in [4.78, 5) is 10.8. The highest BCUT2D eigenvalue weighted by Gasteiger charge is 2.09. The largest absolute Gasteiger partial charge is 0.350 e. The van der Waals surface area contributed by atoms with Gasteiger partial charge in [-0.15, -0.1) is 11.3 Å². The number of nitrogens with zero attached hydrogens (tertiary/aromatic N) is 2. The first-order valence-corrected chi connectivity index (χ1v) is 7.61. The van der Waals surface area contributed by atoms with Crippen LogP contribution >= 0.6 is 34.5 Å². The van der Waals surface area contributed by atoms with Crippen LogP contribution in [0.3, 0.4) is 0 Å². The number of rotatable bonds is 3. The Kier molecular flexibility index (Phi) is 3.78. The number of fused-ring (bicyclic) bond motifs is 1. The minimum atomic E-state index is 0.473. The van der Waals surface area contributed by atoms with Gasteiger partial charge >= 0.3 is 0 Å². The average molecular weight is 324 g/mol. The van der Waals surface area contributed by atoms with Crippen molar-refractivity contribution < 1.29 is 0 Å². The maximum absolute atomic E-state index is 6.18. The minimum absolute atomic E-state index is 0.473. The van der Waals surface area contributed by atoms with Gasteiger partial charge in [0, 0.05) is 21.8 Å². The lowest BCUT2D eigenvalue weighted by Crippen LogP contribution is -2.04. The molecule has 0 aliphatic rings. The molecule has 20 heavy (non-hydrogen) atoms. The second kappa shape index (κ2) is 5.56.